The van der Waals surface area contributed by atoms with Crippen LogP contribution < -0.4 is 0 Å². The van der Waals surface area contributed by atoms with E-state index in [0.717, 1.165) is 4.90 Å². The molecule has 4 rings (SSSR count). The molecule has 0 radical (unpaired) electrons. The molecule has 0 unspecified atom stereocenters. The van der Waals surface area contributed by atoms with Crippen molar-refractivity contribution in [2.24, 2.45) is 0 Å². The molecule has 0 aliphatic carbocycles. The Morgan fingerprint density at radius 1 is 1.00 bits per heavy atom. The van der Waals surface area contributed by atoms with Gasteiger partial charge in [0.05, 0.1) is 10.7 Å². The minimum Gasteiger partial charge on any atom is -0.338 e. The van der Waals surface area contributed by atoms with Crippen LogP contribution in [0.25, 0.3) is 22.2 Å². The molecular formula is C19H13N3O3S. The first kappa shape index (κ1) is 16.3. The highest BCUT2D eigenvalue weighted by atomic mass is 32.2. The van der Waals surface area contributed by atoms with Crippen molar-refractivity contribution in [3.05, 3.63) is 82.7 Å². The minimum atomic E-state index is -0.444. The lowest BCUT2D eigenvalue weighted by atomic mass is 10.1. The van der Waals surface area contributed by atoms with Crippen molar-refractivity contribution < 1.29 is 9.45 Å². The number of rotatable bonds is 5. The number of fused-ring (bicyclic) bond motifs is 1. The lowest BCUT2D eigenvalue weighted by molar-refractivity contribution is -0.384. The monoisotopic (exact) mass is 363 g/mol. The van der Waals surface area contributed by atoms with Crippen LogP contribution in [0, 0.1) is 10.1 Å². The third-order valence-electron chi connectivity index (χ3n) is 3.87. The van der Waals surface area contributed by atoms with E-state index in [-0.39, 0.29) is 5.69 Å². The van der Waals surface area contributed by atoms with Crippen LogP contribution in [0.3, 0.4) is 0 Å². The molecule has 0 aliphatic rings. The third kappa shape index (κ3) is 3.43. The number of nitro groups is 1. The van der Waals surface area contributed by atoms with E-state index in [1.165, 1.54) is 22.9 Å². The SMILES string of the molecule is O=[N+]([O-])c1cccc(-c2noc(CSc3ccc4ccccc4c3)n2)c1. The number of hydrogen-bond acceptors (Lipinski definition) is 6. The molecule has 1 heterocycles. The van der Waals surface area contributed by atoms with Gasteiger partial charge in [0.1, 0.15) is 0 Å². The second kappa shape index (κ2) is 6.97. The summed E-state index contributed by atoms with van der Waals surface area (Å²) in [6.45, 7) is 0. The number of aromatic nitrogens is 2. The van der Waals surface area contributed by atoms with Crippen LogP contribution in [0.15, 0.2) is 76.1 Å². The van der Waals surface area contributed by atoms with Gasteiger partial charge >= 0.3 is 0 Å². The molecule has 128 valence electrons. The predicted octanol–water partition coefficient (Wildman–Crippen LogP) is 5.09. The van der Waals surface area contributed by atoms with E-state index < -0.39 is 4.92 Å². The maximum atomic E-state index is 10.9. The average molecular weight is 363 g/mol. The Labute approximate surface area is 153 Å². The van der Waals surface area contributed by atoms with Crippen molar-refractivity contribution >= 4 is 28.2 Å². The molecule has 0 spiro atoms. The zero-order valence-electron chi connectivity index (χ0n) is 13.5. The van der Waals surface area contributed by atoms with Crippen molar-refractivity contribution in [3.8, 4) is 11.4 Å². The average Bonchev–Trinajstić information content (AvgIpc) is 3.15. The van der Waals surface area contributed by atoms with Gasteiger partial charge in [0, 0.05) is 22.6 Å². The fourth-order valence-corrected chi connectivity index (χ4v) is 3.37. The topological polar surface area (TPSA) is 82.1 Å². The molecule has 0 bridgehead atoms. The number of nitro benzene ring substituents is 1. The summed E-state index contributed by atoms with van der Waals surface area (Å²) in [7, 11) is 0. The normalized spacial score (nSPS) is 10.9. The Kier molecular flexibility index (Phi) is 4.37. The molecular weight excluding hydrogens is 350 g/mol. The summed E-state index contributed by atoms with van der Waals surface area (Å²) in [5.74, 6) is 1.35. The van der Waals surface area contributed by atoms with E-state index in [9.17, 15) is 10.1 Å². The molecule has 0 N–H and O–H groups in total. The predicted molar refractivity (Wildman–Crippen MR) is 99.9 cm³/mol. The first-order valence-electron chi connectivity index (χ1n) is 7.88. The zero-order valence-corrected chi connectivity index (χ0v) is 14.3. The highest BCUT2D eigenvalue weighted by Crippen LogP contribution is 2.27. The van der Waals surface area contributed by atoms with Crippen LogP contribution in [0.4, 0.5) is 5.69 Å². The summed E-state index contributed by atoms with van der Waals surface area (Å²) in [4.78, 5) is 15.9. The second-order valence-electron chi connectivity index (χ2n) is 5.62. The van der Waals surface area contributed by atoms with Crippen molar-refractivity contribution in [1.29, 1.82) is 0 Å². The highest BCUT2D eigenvalue weighted by Gasteiger charge is 2.13. The van der Waals surface area contributed by atoms with E-state index in [2.05, 4.69) is 40.5 Å². The largest absolute Gasteiger partial charge is 0.338 e. The molecule has 1 aromatic heterocycles. The van der Waals surface area contributed by atoms with Gasteiger partial charge in [-0.2, -0.15) is 4.98 Å². The molecule has 4 aromatic rings. The summed E-state index contributed by atoms with van der Waals surface area (Å²) in [5, 5.41) is 17.2. The maximum Gasteiger partial charge on any atom is 0.270 e. The van der Waals surface area contributed by atoms with Gasteiger partial charge in [0.15, 0.2) is 0 Å². The molecule has 0 atom stereocenters. The molecule has 0 fully saturated rings. The van der Waals surface area contributed by atoms with Gasteiger partial charge in [-0.3, -0.25) is 10.1 Å². The van der Waals surface area contributed by atoms with Crippen molar-refractivity contribution in [2.75, 3.05) is 0 Å². The van der Waals surface area contributed by atoms with E-state index in [1.54, 1.807) is 23.9 Å². The van der Waals surface area contributed by atoms with Crippen molar-refractivity contribution in [1.82, 2.24) is 10.1 Å². The highest BCUT2D eigenvalue weighted by molar-refractivity contribution is 7.98. The maximum absolute atomic E-state index is 10.9. The summed E-state index contributed by atoms with van der Waals surface area (Å²) >= 11 is 1.60. The van der Waals surface area contributed by atoms with E-state index in [0.29, 0.717) is 23.0 Å². The molecule has 6 nitrogen and oxygen atoms in total. The van der Waals surface area contributed by atoms with Gasteiger partial charge in [-0.25, -0.2) is 0 Å². The number of nitrogens with zero attached hydrogens (tertiary/aromatic N) is 3. The third-order valence-corrected chi connectivity index (χ3v) is 4.85. The van der Waals surface area contributed by atoms with Gasteiger partial charge in [-0.1, -0.05) is 47.6 Å². The summed E-state index contributed by atoms with van der Waals surface area (Å²) in [6, 6.07) is 20.6. The Hall–Kier alpha value is -3.19. The van der Waals surface area contributed by atoms with Gasteiger partial charge in [-0.05, 0) is 22.9 Å². The van der Waals surface area contributed by atoms with E-state index in [1.807, 2.05) is 12.1 Å². The van der Waals surface area contributed by atoms with Gasteiger partial charge in [0.25, 0.3) is 5.69 Å². The lowest BCUT2D eigenvalue weighted by Crippen LogP contribution is -1.89. The number of non-ortho nitro benzene ring substituents is 1. The standard InChI is InChI=1S/C19H13N3O3S/c23-22(24)16-7-3-6-15(10-16)19-20-18(25-21-19)12-26-17-9-8-13-4-1-2-5-14(13)11-17/h1-11H,12H2. The Morgan fingerprint density at radius 3 is 2.69 bits per heavy atom. The molecule has 7 heteroatoms. The first-order valence-corrected chi connectivity index (χ1v) is 8.86. The summed E-state index contributed by atoms with van der Waals surface area (Å²) in [5.41, 5.74) is 0.560. The first-order chi connectivity index (χ1) is 12.7. The number of benzene rings is 3. The van der Waals surface area contributed by atoms with E-state index in [4.69, 9.17) is 4.52 Å². The lowest BCUT2D eigenvalue weighted by Gasteiger charge is -2.01. The van der Waals surface area contributed by atoms with Crippen LogP contribution >= 0.6 is 11.8 Å². The number of thioether (sulfide) groups is 1. The smallest absolute Gasteiger partial charge is 0.270 e. The summed E-state index contributed by atoms with van der Waals surface area (Å²) < 4.78 is 5.28. The molecule has 0 saturated carbocycles. The Morgan fingerprint density at radius 2 is 1.85 bits per heavy atom. The second-order valence-corrected chi connectivity index (χ2v) is 6.67. The molecule has 0 amide bonds. The van der Waals surface area contributed by atoms with Crippen LogP contribution in [0.5, 0.6) is 0 Å². The molecule has 3 aromatic carbocycles. The van der Waals surface area contributed by atoms with Crippen LogP contribution in [-0.2, 0) is 5.75 Å². The minimum absolute atomic E-state index is 0.000566. The quantitative estimate of drug-likeness (QED) is 0.279. The fraction of sp³-hybridized carbons (Fsp3) is 0.0526. The fourth-order valence-electron chi connectivity index (χ4n) is 2.59. The van der Waals surface area contributed by atoms with E-state index >= 15 is 0 Å². The van der Waals surface area contributed by atoms with Crippen molar-refractivity contribution in [2.45, 2.75) is 10.6 Å². The molecule has 0 saturated heterocycles. The number of hydrogen-bond donors (Lipinski definition) is 0. The molecule has 0 aliphatic heterocycles. The van der Waals surface area contributed by atoms with Gasteiger partial charge in [-0.15, -0.1) is 11.8 Å². The Bertz CT molecular complexity index is 1090. The van der Waals surface area contributed by atoms with Crippen LogP contribution in [-0.4, -0.2) is 15.1 Å². The van der Waals surface area contributed by atoms with Gasteiger partial charge in [0.2, 0.25) is 11.7 Å². The zero-order chi connectivity index (χ0) is 17.9. The Balaban J connectivity index is 1.49. The summed E-state index contributed by atoms with van der Waals surface area (Å²) in [6.07, 6.45) is 0. The van der Waals surface area contributed by atoms with Crippen LogP contribution in [0.1, 0.15) is 5.89 Å². The molecule has 26 heavy (non-hydrogen) atoms. The van der Waals surface area contributed by atoms with Crippen LogP contribution in [0.2, 0.25) is 0 Å². The van der Waals surface area contributed by atoms with Crippen molar-refractivity contribution in [3.63, 3.8) is 0 Å². The van der Waals surface area contributed by atoms with Gasteiger partial charge < -0.3 is 4.52 Å².